The van der Waals surface area contributed by atoms with Crippen molar-refractivity contribution < 1.29 is 22.7 Å². The van der Waals surface area contributed by atoms with Crippen molar-refractivity contribution in [2.24, 2.45) is 0 Å². The van der Waals surface area contributed by atoms with Crippen LogP contribution in [0.2, 0.25) is 10.0 Å². The molecule has 40 heavy (non-hydrogen) atoms. The van der Waals surface area contributed by atoms with Crippen molar-refractivity contribution in [2.45, 2.75) is 44.7 Å². The Labute approximate surface area is 245 Å². The number of likely N-dealkylation sites (N-methyl/N-ethyl adjacent to an activating group) is 1. The van der Waals surface area contributed by atoms with E-state index in [0.29, 0.717) is 46.6 Å². The Morgan fingerprint density at radius 2 is 1.62 bits per heavy atom. The fourth-order valence-corrected chi connectivity index (χ4v) is 6.05. The van der Waals surface area contributed by atoms with Crippen molar-refractivity contribution in [1.82, 2.24) is 10.2 Å². The lowest BCUT2D eigenvalue weighted by Crippen LogP contribution is -2.52. The lowest BCUT2D eigenvalue weighted by molar-refractivity contribution is -0.140. The van der Waals surface area contributed by atoms with Gasteiger partial charge in [-0.1, -0.05) is 54.4 Å². The van der Waals surface area contributed by atoms with Crippen LogP contribution >= 0.6 is 23.2 Å². The molecule has 2 amide bonds. The van der Waals surface area contributed by atoms with E-state index in [0.717, 1.165) is 4.31 Å². The Hall–Kier alpha value is -3.27. The fraction of sp³-hybridized carbons (Fsp3) is 0.310. The molecule has 3 aromatic rings. The molecule has 0 unspecified atom stereocenters. The molecule has 0 spiro atoms. The first-order chi connectivity index (χ1) is 19.1. The van der Waals surface area contributed by atoms with E-state index in [4.69, 9.17) is 27.9 Å². The third-order valence-electron chi connectivity index (χ3n) is 6.14. The minimum atomic E-state index is -4.18. The molecule has 0 saturated heterocycles. The lowest BCUT2D eigenvalue weighted by atomic mass is 10.1. The Balaban J connectivity index is 2.04. The third kappa shape index (κ3) is 7.68. The van der Waals surface area contributed by atoms with Gasteiger partial charge in [0.2, 0.25) is 11.8 Å². The van der Waals surface area contributed by atoms with E-state index in [1.807, 2.05) is 6.92 Å². The summed E-state index contributed by atoms with van der Waals surface area (Å²) in [4.78, 5) is 28.4. The van der Waals surface area contributed by atoms with E-state index in [2.05, 4.69) is 5.32 Å². The molecular formula is C29H33Cl2N3O5S. The van der Waals surface area contributed by atoms with Crippen LogP contribution in [0.4, 0.5) is 5.69 Å². The second kappa shape index (κ2) is 14.4. The zero-order chi connectivity index (χ0) is 29.3. The van der Waals surface area contributed by atoms with Crippen molar-refractivity contribution in [1.29, 1.82) is 0 Å². The number of hydrogen-bond donors (Lipinski definition) is 1. The fourth-order valence-electron chi connectivity index (χ4n) is 4.17. The summed E-state index contributed by atoms with van der Waals surface area (Å²) >= 11 is 12.5. The van der Waals surface area contributed by atoms with Crippen molar-refractivity contribution in [2.75, 3.05) is 24.0 Å². The molecule has 0 aliphatic carbocycles. The van der Waals surface area contributed by atoms with E-state index < -0.39 is 28.5 Å². The highest BCUT2D eigenvalue weighted by Gasteiger charge is 2.33. The maximum absolute atomic E-state index is 14.0. The first kappa shape index (κ1) is 31.3. The maximum Gasteiger partial charge on any atom is 0.264 e. The molecule has 0 heterocycles. The minimum absolute atomic E-state index is 0.00401. The van der Waals surface area contributed by atoms with E-state index in [1.165, 1.54) is 17.0 Å². The number of para-hydroxylation sites is 1. The van der Waals surface area contributed by atoms with Crippen molar-refractivity contribution >= 4 is 50.7 Å². The highest BCUT2D eigenvalue weighted by Crippen LogP contribution is 2.27. The van der Waals surface area contributed by atoms with E-state index in [9.17, 15) is 18.0 Å². The topological polar surface area (TPSA) is 96.0 Å². The molecule has 1 N–H and O–H groups in total. The number of carbonyl (C=O) groups excluding carboxylic acids is 2. The summed E-state index contributed by atoms with van der Waals surface area (Å²) in [6.45, 7) is 5.66. The van der Waals surface area contributed by atoms with Crippen LogP contribution in [-0.4, -0.2) is 50.9 Å². The molecule has 0 radical (unpaired) electrons. The molecule has 214 valence electrons. The second-order valence-corrected chi connectivity index (χ2v) is 11.5. The van der Waals surface area contributed by atoms with E-state index in [1.54, 1.807) is 74.5 Å². The van der Waals surface area contributed by atoms with Gasteiger partial charge < -0.3 is 15.0 Å². The summed E-state index contributed by atoms with van der Waals surface area (Å²) in [6, 6.07) is 18.4. The van der Waals surface area contributed by atoms with Gasteiger partial charge in [0.25, 0.3) is 10.0 Å². The van der Waals surface area contributed by atoms with Crippen LogP contribution in [0, 0.1) is 0 Å². The lowest BCUT2D eigenvalue weighted by Gasteiger charge is -2.33. The molecule has 0 aliphatic rings. The number of amides is 2. The normalized spacial score (nSPS) is 11.9. The molecule has 11 heteroatoms. The number of halogens is 2. The summed E-state index contributed by atoms with van der Waals surface area (Å²) < 4.78 is 34.3. The summed E-state index contributed by atoms with van der Waals surface area (Å²) in [5.41, 5.74) is 0.878. The van der Waals surface area contributed by atoms with E-state index >= 15 is 0 Å². The Kier molecular flexibility index (Phi) is 11.2. The first-order valence-corrected chi connectivity index (χ1v) is 15.1. The van der Waals surface area contributed by atoms with Crippen LogP contribution in [0.25, 0.3) is 0 Å². The number of sulfonamides is 1. The van der Waals surface area contributed by atoms with Crippen LogP contribution in [0.1, 0.15) is 32.8 Å². The van der Waals surface area contributed by atoms with Gasteiger partial charge >= 0.3 is 0 Å². The highest BCUT2D eigenvalue weighted by atomic mass is 35.5. The Morgan fingerprint density at radius 1 is 0.950 bits per heavy atom. The predicted octanol–water partition coefficient (Wildman–Crippen LogP) is 5.53. The standard InChI is InChI=1S/C29H33Cl2N3O5S/c1-4-27(29(36)32-5-2)33(19-21-12-13-22(30)18-26(21)31)28(35)20-34(23-10-8-7-9-11-23)40(37,38)25-16-14-24(15-17-25)39-6-3/h7-18,27H,4-6,19-20H2,1-3H3,(H,32,36)/t27-/m0/s1. The van der Waals surface area contributed by atoms with Crippen molar-refractivity contribution in [3.05, 3.63) is 88.4 Å². The maximum atomic E-state index is 14.0. The van der Waals surface area contributed by atoms with Crippen molar-refractivity contribution in [3.63, 3.8) is 0 Å². The van der Waals surface area contributed by atoms with Gasteiger partial charge in [-0.05, 0) is 74.4 Å². The largest absolute Gasteiger partial charge is 0.494 e. The Bertz CT molecular complexity index is 1400. The molecule has 0 aromatic heterocycles. The summed E-state index contributed by atoms with van der Waals surface area (Å²) in [7, 11) is -4.18. The summed E-state index contributed by atoms with van der Waals surface area (Å²) in [6.07, 6.45) is 0.305. The van der Waals surface area contributed by atoms with Gasteiger partial charge in [0.15, 0.2) is 0 Å². The number of hydrogen-bond acceptors (Lipinski definition) is 5. The zero-order valence-corrected chi connectivity index (χ0v) is 25.0. The highest BCUT2D eigenvalue weighted by molar-refractivity contribution is 7.92. The number of carbonyl (C=O) groups is 2. The second-order valence-electron chi connectivity index (χ2n) is 8.83. The first-order valence-electron chi connectivity index (χ1n) is 12.9. The van der Waals surface area contributed by atoms with Gasteiger partial charge in [-0.15, -0.1) is 0 Å². The van der Waals surface area contributed by atoms with Crippen LogP contribution in [0.3, 0.4) is 0 Å². The number of anilines is 1. The molecule has 0 aliphatic heterocycles. The van der Waals surface area contributed by atoms with Crippen molar-refractivity contribution in [3.8, 4) is 5.75 Å². The smallest absolute Gasteiger partial charge is 0.264 e. The molecular weight excluding hydrogens is 573 g/mol. The van der Waals surface area contributed by atoms with Gasteiger partial charge in [-0.3, -0.25) is 13.9 Å². The average molecular weight is 607 g/mol. The molecule has 1 atom stereocenters. The summed E-state index contributed by atoms with van der Waals surface area (Å²) in [5, 5.41) is 3.53. The zero-order valence-electron chi connectivity index (χ0n) is 22.6. The van der Waals surface area contributed by atoms with Gasteiger partial charge in [-0.25, -0.2) is 8.42 Å². The number of nitrogens with zero attached hydrogens (tertiary/aromatic N) is 2. The SMILES string of the molecule is CCNC(=O)[C@H](CC)N(Cc1ccc(Cl)cc1Cl)C(=O)CN(c1ccccc1)S(=O)(=O)c1ccc(OCC)cc1. The molecule has 3 aromatic carbocycles. The minimum Gasteiger partial charge on any atom is -0.494 e. The summed E-state index contributed by atoms with van der Waals surface area (Å²) in [5.74, 6) is -0.380. The van der Waals surface area contributed by atoms with Gasteiger partial charge in [0.05, 0.1) is 17.2 Å². The monoisotopic (exact) mass is 605 g/mol. The molecule has 0 fully saturated rings. The average Bonchev–Trinajstić information content (AvgIpc) is 2.93. The van der Waals surface area contributed by atoms with Crippen LogP contribution < -0.4 is 14.4 Å². The molecule has 0 bridgehead atoms. The molecule has 0 saturated carbocycles. The number of rotatable bonds is 13. The molecule has 3 rings (SSSR count). The third-order valence-corrected chi connectivity index (χ3v) is 8.51. The van der Waals surface area contributed by atoms with Crippen LogP contribution in [-0.2, 0) is 26.2 Å². The Morgan fingerprint density at radius 3 is 2.20 bits per heavy atom. The van der Waals surface area contributed by atoms with Crippen LogP contribution in [0.5, 0.6) is 5.75 Å². The quantitative estimate of drug-likeness (QED) is 0.276. The predicted molar refractivity (Wildman–Crippen MR) is 158 cm³/mol. The number of nitrogens with one attached hydrogen (secondary N) is 1. The number of benzene rings is 3. The number of ether oxygens (including phenoxy) is 1. The van der Waals surface area contributed by atoms with Crippen LogP contribution in [0.15, 0.2) is 77.7 Å². The van der Waals surface area contributed by atoms with Gasteiger partial charge in [0, 0.05) is 23.1 Å². The molecule has 8 nitrogen and oxygen atoms in total. The van der Waals surface area contributed by atoms with Gasteiger partial charge in [0.1, 0.15) is 18.3 Å². The van der Waals surface area contributed by atoms with E-state index in [-0.39, 0.29) is 17.3 Å². The van der Waals surface area contributed by atoms with Gasteiger partial charge in [-0.2, -0.15) is 0 Å².